The number of carbonyl (C=O) groups excluding carboxylic acids is 1. The third-order valence-electron chi connectivity index (χ3n) is 7.04. The van der Waals surface area contributed by atoms with Crippen LogP contribution in [0.2, 0.25) is 0 Å². The van der Waals surface area contributed by atoms with Gasteiger partial charge in [0.2, 0.25) is 5.91 Å². The molecule has 0 aliphatic heterocycles. The quantitative estimate of drug-likeness (QED) is 0.128. The summed E-state index contributed by atoms with van der Waals surface area (Å²) in [4.78, 5) is 24.6. The molecule has 0 N–H and O–H groups in total. The van der Waals surface area contributed by atoms with E-state index in [1.807, 2.05) is 87.0 Å². The number of imidazole rings is 1. The maximum atomic E-state index is 14.0. The third kappa shape index (κ3) is 7.61. The van der Waals surface area contributed by atoms with E-state index in [-0.39, 0.29) is 18.5 Å². The van der Waals surface area contributed by atoms with Gasteiger partial charge >= 0.3 is 6.18 Å². The number of hydrogen-bond acceptors (Lipinski definition) is 4. The lowest BCUT2D eigenvalue weighted by molar-refractivity contribution is -0.140. The van der Waals surface area contributed by atoms with E-state index in [1.165, 1.54) is 6.07 Å². The van der Waals surface area contributed by atoms with Gasteiger partial charge in [0.15, 0.2) is 0 Å². The highest BCUT2D eigenvalue weighted by atomic mass is 19.4. The maximum Gasteiger partial charge on any atom is 0.419 e. The lowest BCUT2D eigenvalue weighted by atomic mass is 10.1. The average Bonchev–Trinajstić information content (AvgIpc) is 3.45. The van der Waals surface area contributed by atoms with Crippen LogP contribution in [0.25, 0.3) is 11.3 Å². The number of halogens is 4. The van der Waals surface area contributed by atoms with Crippen LogP contribution in [0.5, 0.6) is 5.75 Å². The van der Waals surface area contributed by atoms with Crippen molar-refractivity contribution in [2.75, 3.05) is 6.61 Å². The molecular weight excluding hydrogens is 572 g/mol. The summed E-state index contributed by atoms with van der Waals surface area (Å²) in [5, 5.41) is 0. The molecule has 2 aromatic heterocycles. The van der Waals surface area contributed by atoms with Gasteiger partial charge in [-0.15, -0.1) is 0 Å². The van der Waals surface area contributed by atoms with Crippen LogP contribution in [0.3, 0.4) is 0 Å². The van der Waals surface area contributed by atoms with Crippen LogP contribution >= 0.6 is 0 Å². The maximum absolute atomic E-state index is 14.0. The Morgan fingerprint density at radius 2 is 1.84 bits per heavy atom. The molecule has 230 valence electrons. The second-order valence-electron chi connectivity index (χ2n) is 10.1. The van der Waals surface area contributed by atoms with Crippen LogP contribution < -0.4 is 4.74 Å². The largest absolute Gasteiger partial charge is 0.494 e. The van der Waals surface area contributed by atoms with Gasteiger partial charge in [0, 0.05) is 30.8 Å². The van der Waals surface area contributed by atoms with Crippen LogP contribution in [0.4, 0.5) is 17.6 Å². The molecule has 0 bridgehead atoms. The van der Waals surface area contributed by atoms with E-state index < -0.39 is 29.5 Å². The minimum Gasteiger partial charge on any atom is -0.494 e. The van der Waals surface area contributed by atoms with E-state index in [9.17, 15) is 22.4 Å². The van der Waals surface area contributed by atoms with Gasteiger partial charge in [-0.25, -0.2) is 9.37 Å². The van der Waals surface area contributed by atoms with Crippen molar-refractivity contribution in [3.63, 3.8) is 0 Å². The molecular formula is C34H34F4N4O2. The van der Waals surface area contributed by atoms with E-state index >= 15 is 0 Å². The highest BCUT2D eigenvalue weighted by molar-refractivity contribution is 5.79. The molecule has 6 nitrogen and oxygen atoms in total. The van der Waals surface area contributed by atoms with E-state index in [1.54, 1.807) is 23.4 Å². The summed E-state index contributed by atoms with van der Waals surface area (Å²) >= 11 is 0. The molecule has 0 aliphatic carbocycles. The van der Waals surface area contributed by atoms with Gasteiger partial charge in [-0.3, -0.25) is 9.78 Å². The van der Waals surface area contributed by atoms with Crippen LogP contribution in [0.1, 0.15) is 61.9 Å². The Balaban J connectivity index is 1.79. The Morgan fingerprint density at radius 3 is 2.45 bits per heavy atom. The van der Waals surface area contributed by atoms with Crippen molar-refractivity contribution in [2.45, 2.75) is 52.9 Å². The number of carbonyl (C=O) groups is 1. The summed E-state index contributed by atoms with van der Waals surface area (Å²) in [6, 6.07) is 13.0. The van der Waals surface area contributed by atoms with Crippen molar-refractivity contribution in [1.29, 1.82) is 0 Å². The first kappa shape index (κ1) is 32.2. The van der Waals surface area contributed by atoms with Crippen LogP contribution in [0.15, 0.2) is 91.4 Å². The van der Waals surface area contributed by atoms with E-state index in [0.717, 1.165) is 22.9 Å². The molecule has 4 rings (SSSR count). The summed E-state index contributed by atoms with van der Waals surface area (Å²) in [7, 11) is 0. The van der Waals surface area contributed by atoms with E-state index in [0.29, 0.717) is 29.9 Å². The first-order valence-electron chi connectivity index (χ1n) is 14.2. The topological polar surface area (TPSA) is 60.2 Å². The Hall–Kier alpha value is -4.73. The molecule has 0 saturated heterocycles. The fraction of sp³-hybridized carbons (Fsp3) is 0.265. The molecule has 10 heteroatoms. The second kappa shape index (κ2) is 14.2. The third-order valence-corrected chi connectivity index (χ3v) is 7.04. The van der Waals surface area contributed by atoms with Crippen LogP contribution in [-0.2, 0) is 23.9 Å². The number of pyridine rings is 1. The Bertz CT molecular complexity index is 1630. The number of benzene rings is 2. The van der Waals surface area contributed by atoms with Gasteiger partial charge in [0.1, 0.15) is 17.4 Å². The van der Waals surface area contributed by atoms with Crippen molar-refractivity contribution in [1.82, 2.24) is 19.4 Å². The van der Waals surface area contributed by atoms with Crippen molar-refractivity contribution >= 4 is 11.5 Å². The summed E-state index contributed by atoms with van der Waals surface area (Å²) in [6.07, 6.45) is 5.65. The fourth-order valence-corrected chi connectivity index (χ4v) is 4.86. The minimum atomic E-state index is -4.89. The highest BCUT2D eigenvalue weighted by Crippen LogP contribution is 2.33. The molecule has 1 unspecified atom stereocenters. The van der Waals surface area contributed by atoms with Crippen molar-refractivity contribution in [3.8, 4) is 11.4 Å². The second-order valence-corrected chi connectivity index (χ2v) is 10.1. The lowest BCUT2D eigenvalue weighted by Crippen LogP contribution is -2.35. The lowest BCUT2D eigenvalue weighted by Gasteiger charge is -2.30. The first-order valence-corrected chi connectivity index (χ1v) is 14.2. The normalized spacial score (nSPS) is 12.9. The van der Waals surface area contributed by atoms with Crippen LogP contribution in [0, 0.1) is 5.82 Å². The monoisotopic (exact) mass is 606 g/mol. The molecule has 0 aliphatic rings. The fourth-order valence-electron chi connectivity index (χ4n) is 4.86. The van der Waals surface area contributed by atoms with Crippen LogP contribution in [-0.4, -0.2) is 31.9 Å². The number of amides is 1. The zero-order chi connectivity index (χ0) is 31.9. The molecule has 0 saturated carbocycles. The SMILES string of the molecule is C/C=C\C(=C/C)c1cn(-c2ccc(OCC)cc2)c(C(C)N(Cc2cccnc2)C(=O)Cc2ccc(F)c(C(F)(F)F)c2)n1. The number of ether oxygens (including phenoxy) is 1. The molecule has 2 aromatic carbocycles. The average molecular weight is 607 g/mol. The van der Waals surface area contributed by atoms with Crippen molar-refractivity contribution in [2.24, 2.45) is 0 Å². The first-order chi connectivity index (χ1) is 21.0. The Morgan fingerprint density at radius 1 is 1.09 bits per heavy atom. The Labute approximate surface area is 254 Å². The van der Waals surface area contributed by atoms with E-state index in [4.69, 9.17) is 9.72 Å². The summed E-state index contributed by atoms with van der Waals surface area (Å²) < 4.78 is 61.7. The zero-order valence-electron chi connectivity index (χ0n) is 25.0. The summed E-state index contributed by atoms with van der Waals surface area (Å²) in [6.45, 7) is 8.18. The smallest absolute Gasteiger partial charge is 0.419 e. The van der Waals surface area contributed by atoms with Crippen molar-refractivity contribution < 1.29 is 27.1 Å². The van der Waals surface area contributed by atoms with Gasteiger partial charge in [0.25, 0.3) is 0 Å². The highest BCUT2D eigenvalue weighted by Gasteiger charge is 2.35. The number of alkyl halides is 3. The van der Waals surface area contributed by atoms with Gasteiger partial charge in [0.05, 0.1) is 30.3 Å². The number of allylic oxidation sites excluding steroid dienone is 4. The predicted octanol–water partition coefficient (Wildman–Crippen LogP) is 8.14. The number of hydrogen-bond donors (Lipinski definition) is 0. The minimum absolute atomic E-state index is 0.0481. The molecule has 0 radical (unpaired) electrons. The molecule has 1 amide bonds. The van der Waals surface area contributed by atoms with Crippen molar-refractivity contribution in [3.05, 3.63) is 125 Å². The summed E-state index contributed by atoms with van der Waals surface area (Å²) in [5.74, 6) is -0.593. The van der Waals surface area contributed by atoms with Gasteiger partial charge in [-0.1, -0.05) is 30.4 Å². The summed E-state index contributed by atoms with van der Waals surface area (Å²) in [5.41, 5.74) is 1.71. The predicted molar refractivity (Wildman–Crippen MR) is 162 cm³/mol. The number of nitrogens with zero attached hydrogens (tertiary/aromatic N) is 4. The molecule has 44 heavy (non-hydrogen) atoms. The number of aromatic nitrogens is 3. The Kier molecular flexibility index (Phi) is 10.4. The van der Waals surface area contributed by atoms with Gasteiger partial charge in [-0.05, 0) is 86.9 Å². The molecule has 0 fully saturated rings. The number of rotatable bonds is 11. The molecule has 1 atom stereocenters. The molecule has 2 heterocycles. The molecule has 4 aromatic rings. The zero-order valence-corrected chi connectivity index (χ0v) is 25.0. The standard InChI is InChI=1S/C34H34F4N4O2/c1-5-9-26(6-2)31-22-42(27-12-14-28(15-13-27)44-7-3)33(40-31)23(4)41(21-25-10-8-17-39-20-25)32(43)19-24-11-16-30(35)29(18-24)34(36,37)38/h5-6,8-18,20,22-23H,7,19,21H2,1-4H3/b9-5-,26-6+. The van der Waals surface area contributed by atoms with E-state index in [2.05, 4.69) is 4.98 Å². The van der Waals surface area contributed by atoms with Gasteiger partial charge in [-0.2, -0.15) is 13.2 Å². The van der Waals surface area contributed by atoms with Gasteiger partial charge < -0.3 is 14.2 Å². The molecule has 0 spiro atoms.